The minimum absolute atomic E-state index is 0.0478. The van der Waals surface area contributed by atoms with E-state index in [-0.39, 0.29) is 22.9 Å². The van der Waals surface area contributed by atoms with Crippen LogP contribution >= 0.6 is 0 Å². The number of anilines is 1. The Morgan fingerprint density at radius 3 is 2.67 bits per heavy atom. The van der Waals surface area contributed by atoms with E-state index in [1.165, 1.54) is 19.3 Å². The van der Waals surface area contributed by atoms with E-state index in [9.17, 15) is 4.79 Å². The zero-order valence-corrected chi connectivity index (χ0v) is 14.6. The number of fused-ring (bicyclic) bond motifs is 2. The lowest BCUT2D eigenvalue weighted by molar-refractivity contribution is -0.171. The van der Waals surface area contributed by atoms with Gasteiger partial charge in [-0.1, -0.05) is 27.2 Å². The largest absolute Gasteiger partial charge is 0.377 e. The highest BCUT2D eigenvalue weighted by Crippen LogP contribution is 2.62. The zero-order valence-electron chi connectivity index (χ0n) is 14.6. The average molecular weight is 330 g/mol. The molecule has 2 aliphatic carbocycles. The van der Waals surface area contributed by atoms with Gasteiger partial charge in [-0.25, -0.2) is 4.79 Å². The van der Waals surface area contributed by atoms with Gasteiger partial charge in [0.15, 0.2) is 5.82 Å². The number of hydrogen-bond donors (Lipinski definition) is 2. The number of hydrogen-bond acceptors (Lipinski definition) is 4. The molecule has 2 amide bonds. The van der Waals surface area contributed by atoms with E-state index in [0.29, 0.717) is 17.8 Å². The normalized spacial score (nSPS) is 30.2. The van der Waals surface area contributed by atoms with Crippen molar-refractivity contribution in [3.63, 3.8) is 0 Å². The molecule has 1 aromatic rings. The van der Waals surface area contributed by atoms with Crippen LogP contribution in [-0.2, 0) is 10.2 Å². The molecule has 2 heterocycles. The fraction of sp³-hybridized carbons (Fsp3) is 0.722. The van der Waals surface area contributed by atoms with Gasteiger partial charge in [0, 0.05) is 29.4 Å². The Hall–Kier alpha value is -1.69. The molecule has 2 saturated carbocycles. The van der Waals surface area contributed by atoms with Gasteiger partial charge in [0.1, 0.15) is 0 Å². The SMILES string of the molecule is CC(C)(C)c1ccc(NC(=O)N[C@@H]2[C@@H]3CCO[C@H]3C23CCC3)nn1. The predicted octanol–water partition coefficient (Wildman–Crippen LogP) is 2.85. The van der Waals surface area contributed by atoms with Gasteiger partial charge in [-0.05, 0) is 31.4 Å². The lowest BCUT2D eigenvalue weighted by Gasteiger charge is -2.63. The molecule has 1 aromatic heterocycles. The van der Waals surface area contributed by atoms with Gasteiger partial charge < -0.3 is 10.1 Å². The number of nitrogens with one attached hydrogen (secondary N) is 2. The van der Waals surface area contributed by atoms with Crippen LogP contribution in [0.25, 0.3) is 0 Å². The van der Waals surface area contributed by atoms with E-state index < -0.39 is 0 Å². The number of carbonyl (C=O) groups is 1. The third-order valence-corrected chi connectivity index (χ3v) is 6.00. The van der Waals surface area contributed by atoms with Crippen LogP contribution < -0.4 is 10.6 Å². The van der Waals surface area contributed by atoms with Crippen LogP contribution in [0, 0.1) is 11.3 Å². The molecule has 2 N–H and O–H groups in total. The Morgan fingerprint density at radius 2 is 2.08 bits per heavy atom. The molecule has 6 nitrogen and oxygen atoms in total. The monoisotopic (exact) mass is 330 g/mol. The Bertz CT molecular complexity index is 633. The molecule has 4 rings (SSSR count). The summed E-state index contributed by atoms with van der Waals surface area (Å²) in [6, 6.07) is 3.78. The van der Waals surface area contributed by atoms with Crippen LogP contribution in [0.1, 0.15) is 52.1 Å². The molecule has 3 aliphatic rings. The molecule has 6 heteroatoms. The Balaban J connectivity index is 1.38. The first-order chi connectivity index (χ1) is 11.4. The highest BCUT2D eigenvalue weighted by molar-refractivity contribution is 5.88. The maximum Gasteiger partial charge on any atom is 0.320 e. The van der Waals surface area contributed by atoms with E-state index in [1.807, 2.05) is 12.1 Å². The molecule has 1 aliphatic heterocycles. The highest BCUT2D eigenvalue weighted by atomic mass is 16.5. The quantitative estimate of drug-likeness (QED) is 0.874. The molecular weight excluding hydrogens is 304 g/mol. The van der Waals surface area contributed by atoms with Gasteiger partial charge in [-0.15, -0.1) is 5.10 Å². The summed E-state index contributed by atoms with van der Waals surface area (Å²) in [6.07, 6.45) is 4.99. The summed E-state index contributed by atoms with van der Waals surface area (Å²) in [6.45, 7) is 7.10. The molecule has 130 valence electrons. The van der Waals surface area contributed by atoms with Crippen molar-refractivity contribution in [3.05, 3.63) is 17.8 Å². The molecule has 0 bridgehead atoms. The van der Waals surface area contributed by atoms with E-state index in [2.05, 4.69) is 41.6 Å². The summed E-state index contributed by atoms with van der Waals surface area (Å²) in [7, 11) is 0. The summed E-state index contributed by atoms with van der Waals surface area (Å²) in [5, 5.41) is 14.3. The first kappa shape index (κ1) is 15.8. The first-order valence-electron chi connectivity index (χ1n) is 8.93. The summed E-state index contributed by atoms with van der Waals surface area (Å²) in [5.74, 6) is 0.965. The second kappa shape index (κ2) is 5.41. The smallest absolute Gasteiger partial charge is 0.320 e. The minimum Gasteiger partial charge on any atom is -0.377 e. The van der Waals surface area contributed by atoms with E-state index in [0.717, 1.165) is 18.7 Å². The molecular formula is C18H26N4O2. The topological polar surface area (TPSA) is 76.1 Å². The number of nitrogens with zero attached hydrogens (tertiary/aromatic N) is 2. The van der Waals surface area contributed by atoms with Crippen molar-refractivity contribution < 1.29 is 9.53 Å². The number of urea groups is 1. The number of rotatable bonds is 2. The van der Waals surface area contributed by atoms with Gasteiger partial charge in [-0.2, -0.15) is 5.10 Å². The van der Waals surface area contributed by atoms with Crippen molar-refractivity contribution in [1.29, 1.82) is 0 Å². The van der Waals surface area contributed by atoms with Gasteiger partial charge in [0.2, 0.25) is 0 Å². The van der Waals surface area contributed by atoms with Crippen LogP contribution in [0.4, 0.5) is 10.6 Å². The molecule has 1 saturated heterocycles. The zero-order chi connectivity index (χ0) is 16.9. The maximum atomic E-state index is 12.4. The molecule has 3 fully saturated rings. The number of carbonyl (C=O) groups excluding carboxylic acids is 1. The number of amides is 2. The Kier molecular flexibility index (Phi) is 3.56. The van der Waals surface area contributed by atoms with Crippen LogP contribution in [-0.4, -0.2) is 35.0 Å². The molecule has 0 radical (unpaired) electrons. The minimum atomic E-state index is -0.186. The molecule has 3 atom stereocenters. The van der Waals surface area contributed by atoms with Gasteiger partial charge in [0.25, 0.3) is 0 Å². The summed E-state index contributed by atoms with van der Waals surface area (Å²) in [5.41, 5.74) is 1.06. The number of aromatic nitrogens is 2. The van der Waals surface area contributed by atoms with Crippen molar-refractivity contribution in [2.75, 3.05) is 11.9 Å². The molecule has 1 spiro atoms. The third-order valence-electron chi connectivity index (χ3n) is 6.00. The third kappa shape index (κ3) is 2.39. The van der Waals surface area contributed by atoms with E-state index in [1.54, 1.807) is 0 Å². The second-order valence-corrected chi connectivity index (χ2v) is 8.46. The van der Waals surface area contributed by atoms with E-state index >= 15 is 0 Å². The number of ether oxygens (including phenoxy) is 1. The van der Waals surface area contributed by atoms with Crippen LogP contribution in [0.3, 0.4) is 0 Å². The molecule has 24 heavy (non-hydrogen) atoms. The van der Waals surface area contributed by atoms with Gasteiger partial charge >= 0.3 is 6.03 Å². The van der Waals surface area contributed by atoms with Gasteiger partial charge in [0.05, 0.1) is 11.8 Å². The predicted molar refractivity (Wildman–Crippen MR) is 90.8 cm³/mol. The second-order valence-electron chi connectivity index (χ2n) is 8.46. The average Bonchev–Trinajstić information content (AvgIpc) is 2.88. The van der Waals surface area contributed by atoms with E-state index in [4.69, 9.17) is 4.74 Å². The van der Waals surface area contributed by atoms with Crippen molar-refractivity contribution in [2.24, 2.45) is 11.3 Å². The lowest BCUT2D eigenvalue weighted by atomic mass is 9.46. The van der Waals surface area contributed by atoms with Crippen molar-refractivity contribution in [3.8, 4) is 0 Å². The maximum absolute atomic E-state index is 12.4. The van der Waals surface area contributed by atoms with Crippen molar-refractivity contribution in [1.82, 2.24) is 15.5 Å². The Morgan fingerprint density at radius 1 is 1.29 bits per heavy atom. The molecule has 0 unspecified atom stereocenters. The van der Waals surface area contributed by atoms with Crippen LogP contribution in [0.5, 0.6) is 0 Å². The lowest BCUT2D eigenvalue weighted by Crippen LogP contribution is -2.72. The fourth-order valence-electron chi connectivity index (χ4n) is 4.55. The fourth-order valence-corrected chi connectivity index (χ4v) is 4.55. The Labute approximate surface area is 142 Å². The molecule has 0 aromatic carbocycles. The van der Waals surface area contributed by atoms with Crippen molar-refractivity contribution in [2.45, 2.75) is 64.0 Å². The van der Waals surface area contributed by atoms with Crippen LogP contribution in [0.15, 0.2) is 12.1 Å². The standard InChI is InChI=1S/C18H26N4O2/c1-17(2,3)12-5-6-13(22-21-12)19-16(23)20-14-11-7-10-24-15(11)18(14)8-4-9-18/h5-6,11,14-15H,4,7-10H2,1-3H3,(H2,19,20,22,23)/t11-,14+,15+/m0/s1. The van der Waals surface area contributed by atoms with Crippen LogP contribution in [0.2, 0.25) is 0 Å². The highest BCUT2D eigenvalue weighted by Gasteiger charge is 2.66. The summed E-state index contributed by atoms with van der Waals surface area (Å²) < 4.78 is 5.89. The summed E-state index contributed by atoms with van der Waals surface area (Å²) in [4.78, 5) is 12.4. The van der Waals surface area contributed by atoms with Crippen molar-refractivity contribution >= 4 is 11.8 Å². The summed E-state index contributed by atoms with van der Waals surface area (Å²) >= 11 is 0. The van der Waals surface area contributed by atoms with Gasteiger partial charge in [-0.3, -0.25) is 5.32 Å². The first-order valence-corrected chi connectivity index (χ1v) is 8.93.